The molecule has 4 rings (SSSR count). The third-order valence-corrected chi connectivity index (χ3v) is 5.22. The van der Waals surface area contributed by atoms with Crippen molar-refractivity contribution in [3.05, 3.63) is 66.0 Å². The number of imidazole rings is 1. The second kappa shape index (κ2) is 8.35. The highest BCUT2D eigenvalue weighted by Gasteiger charge is 2.25. The summed E-state index contributed by atoms with van der Waals surface area (Å²) in [5.74, 6) is 1.17. The first-order valence-corrected chi connectivity index (χ1v) is 9.75. The van der Waals surface area contributed by atoms with E-state index >= 15 is 0 Å². The number of nitrogens with one attached hydrogen (secondary N) is 2. The Kier molecular flexibility index (Phi) is 5.49. The van der Waals surface area contributed by atoms with Gasteiger partial charge in [-0.3, -0.25) is 9.69 Å². The molecular weight excluding hydrogens is 336 g/mol. The van der Waals surface area contributed by atoms with Crippen LogP contribution in [0.2, 0.25) is 0 Å². The van der Waals surface area contributed by atoms with E-state index in [4.69, 9.17) is 0 Å². The summed E-state index contributed by atoms with van der Waals surface area (Å²) in [6, 6.07) is 18.5. The first kappa shape index (κ1) is 17.7. The molecule has 1 aliphatic rings. The Morgan fingerprint density at radius 1 is 1.15 bits per heavy atom. The van der Waals surface area contributed by atoms with E-state index in [9.17, 15) is 4.79 Å². The maximum absolute atomic E-state index is 12.6. The summed E-state index contributed by atoms with van der Waals surface area (Å²) >= 11 is 0. The lowest BCUT2D eigenvalue weighted by Crippen LogP contribution is -2.43. The van der Waals surface area contributed by atoms with Gasteiger partial charge in [-0.1, -0.05) is 42.5 Å². The number of piperidine rings is 1. The largest absolute Gasteiger partial charge is 0.355 e. The SMILES string of the molecule is O=C(NCCc1nc2ccccc2[nH]1)C1CCCN(Cc2ccccc2)C1. The second-order valence-electron chi connectivity index (χ2n) is 7.30. The van der Waals surface area contributed by atoms with Gasteiger partial charge in [0.1, 0.15) is 5.82 Å². The zero-order chi connectivity index (χ0) is 18.5. The van der Waals surface area contributed by atoms with Crippen LogP contribution < -0.4 is 5.32 Å². The minimum atomic E-state index is 0.0816. The van der Waals surface area contributed by atoms with E-state index in [0.717, 1.165) is 55.8 Å². The molecule has 1 fully saturated rings. The molecule has 1 atom stereocenters. The number of para-hydroxylation sites is 2. The summed E-state index contributed by atoms with van der Waals surface area (Å²) in [7, 11) is 0. The summed E-state index contributed by atoms with van der Waals surface area (Å²) in [6.07, 6.45) is 2.77. The van der Waals surface area contributed by atoms with Crippen LogP contribution >= 0.6 is 0 Å². The predicted octanol–water partition coefficient (Wildman–Crippen LogP) is 3.13. The number of nitrogens with zero attached hydrogens (tertiary/aromatic N) is 2. The van der Waals surface area contributed by atoms with Gasteiger partial charge in [0.25, 0.3) is 0 Å². The summed E-state index contributed by atoms with van der Waals surface area (Å²) in [5, 5.41) is 3.10. The van der Waals surface area contributed by atoms with E-state index in [2.05, 4.69) is 44.5 Å². The molecule has 140 valence electrons. The van der Waals surface area contributed by atoms with Gasteiger partial charge in [-0.15, -0.1) is 0 Å². The molecule has 1 saturated heterocycles. The van der Waals surface area contributed by atoms with Crippen LogP contribution in [0.3, 0.4) is 0 Å². The Morgan fingerprint density at radius 3 is 2.81 bits per heavy atom. The number of benzene rings is 2. The van der Waals surface area contributed by atoms with E-state index in [0.29, 0.717) is 6.54 Å². The molecule has 27 heavy (non-hydrogen) atoms. The van der Waals surface area contributed by atoms with Crippen molar-refractivity contribution in [2.75, 3.05) is 19.6 Å². The molecule has 1 aromatic heterocycles. The maximum Gasteiger partial charge on any atom is 0.224 e. The highest BCUT2D eigenvalue weighted by Crippen LogP contribution is 2.19. The molecule has 0 bridgehead atoms. The van der Waals surface area contributed by atoms with Gasteiger partial charge in [0.05, 0.1) is 17.0 Å². The highest BCUT2D eigenvalue weighted by molar-refractivity contribution is 5.79. The molecule has 1 unspecified atom stereocenters. The molecule has 2 N–H and O–H groups in total. The average Bonchev–Trinajstić information content (AvgIpc) is 3.12. The third-order valence-electron chi connectivity index (χ3n) is 5.22. The van der Waals surface area contributed by atoms with Crippen molar-refractivity contribution in [3.63, 3.8) is 0 Å². The first-order chi connectivity index (χ1) is 13.3. The average molecular weight is 362 g/mol. The van der Waals surface area contributed by atoms with E-state index < -0.39 is 0 Å². The molecule has 1 amide bonds. The zero-order valence-electron chi connectivity index (χ0n) is 15.5. The van der Waals surface area contributed by atoms with Gasteiger partial charge in [0, 0.05) is 26.1 Å². The minimum Gasteiger partial charge on any atom is -0.355 e. The van der Waals surface area contributed by atoms with Gasteiger partial charge >= 0.3 is 0 Å². The number of hydrogen-bond acceptors (Lipinski definition) is 3. The van der Waals surface area contributed by atoms with Crippen LogP contribution in [0.1, 0.15) is 24.2 Å². The Labute approximate surface area is 159 Å². The van der Waals surface area contributed by atoms with Crippen molar-refractivity contribution in [2.45, 2.75) is 25.8 Å². The van der Waals surface area contributed by atoms with Crippen molar-refractivity contribution in [2.24, 2.45) is 5.92 Å². The number of hydrogen-bond donors (Lipinski definition) is 2. The molecule has 2 aromatic carbocycles. The van der Waals surface area contributed by atoms with Gasteiger partial charge in [-0.2, -0.15) is 0 Å². The van der Waals surface area contributed by atoms with Crippen LogP contribution in [0.15, 0.2) is 54.6 Å². The van der Waals surface area contributed by atoms with Gasteiger partial charge < -0.3 is 10.3 Å². The van der Waals surface area contributed by atoms with Crippen molar-refractivity contribution in [1.82, 2.24) is 20.2 Å². The number of carbonyl (C=O) groups excluding carboxylic acids is 1. The van der Waals surface area contributed by atoms with Crippen LogP contribution in [0.4, 0.5) is 0 Å². The van der Waals surface area contributed by atoms with E-state index in [1.165, 1.54) is 5.56 Å². The van der Waals surface area contributed by atoms with Crippen LogP contribution in [0.5, 0.6) is 0 Å². The lowest BCUT2D eigenvalue weighted by atomic mass is 9.96. The van der Waals surface area contributed by atoms with Gasteiger partial charge in [0.15, 0.2) is 0 Å². The van der Waals surface area contributed by atoms with Crippen LogP contribution in [0, 0.1) is 5.92 Å². The Morgan fingerprint density at radius 2 is 1.96 bits per heavy atom. The van der Waals surface area contributed by atoms with E-state index in [1.54, 1.807) is 0 Å². The summed E-state index contributed by atoms with van der Waals surface area (Å²) in [4.78, 5) is 22.9. The molecular formula is C22H26N4O. The normalized spacial score (nSPS) is 17.9. The van der Waals surface area contributed by atoms with Crippen molar-refractivity contribution in [1.29, 1.82) is 0 Å². The second-order valence-corrected chi connectivity index (χ2v) is 7.30. The fraction of sp³-hybridized carbons (Fsp3) is 0.364. The van der Waals surface area contributed by atoms with Gasteiger partial charge in [-0.05, 0) is 37.1 Å². The highest BCUT2D eigenvalue weighted by atomic mass is 16.1. The van der Waals surface area contributed by atoms with E-state index in [-0.39, 0.29) is 11.8 Å². The number of carbonyl (C=O) groups is 1. The van der Waals surface area contributed by atoms with Crippen molar-refractivity contribution >= 4 is 16.9 Å². The third kappa shape index (κ3) is 4.55. The molecule has 2 heterocycles. The molecule has 5 heteroatoms. The Hall–Kier alpha value is -2.66. The standard InChI is InChI=1S/C22H26N4O/c27-22(23-13-12-21-24-19-10-4-5-11-20(19)25-21)18-9-6-14-26(16-18)15-17-7-2-1-3-8-17/h1-5,7-8,10-11,18H,6,9,12-16H2,(H,23,27)(H,24,25). The predicted molar refractivity (Wildman–Crippen MR) is 107 cm³/mol. The molecule has 0 radical (unpaired) electrons. The summed E-state index contributed by atoms with van der Waals surface area (Å²) in [6.45, 7) is 3.44. The summed E-state index contributed by atoms with van der Waals surface area (Å²) < 4.78 is 0. The van der Waals surface area contributed by atoms with E-state index in [1.807, 2.05) is 30.3 Å². The number of amides is 1. The number of likely N-dealkylation sites (tertiary alicyclic amines) is 1. The monoisotopic (exact) mass is 362 g/mol. The number of fused-ring (bicyclic) bond motifs is 1. The van der Waals surface area contributed by atoms with Crippen LogP contribution in [0.25, 0.3) is 11.0 Å². The molecule has 1 aliphatic heterocycles. The minimum absolute atomic E-state index is 0.0816. The van der Waals surface area contributed by atoms with Crippen LogP contribution in [-0.4, -0.2) is 40.4 Å². The number of H-pyrrole nitrogens is 1. The fourth-order valence-corrected chi connectivity index (χ4v) is 3.83. The molecule has 0 saturated carbocycles. The quantitative estimate of drug-likeness (QED) is 0.708. The van der Waals surface area contributed by atoms with Crippen molar-refractivity contribution < 1.29 is 4.79 Å². The number of aromatic nitrogens is 2. The number of rotatable bonds is 6. The van der Waals surface area contributed by atoms with Crippen LogP contribution in [-0.2, 0) is 17.8 Å². The smallest absolute Gasteiger partial charge is 0.224 e. The van der Waals surface area contributed by atoms with Gasteiger partial charge in [-0.25, -0.2) is 4.98 Å². The molecule has 3 aromatic rings. The molecule has 5 nitrogen and oxygen atoms in total. The van der Waals surface area contributed by atoms with Crippen molar-refractivity contribution in [3.8, 4) is 0 Å². The molecule has 0 aliphatic carbocycles. The maximum atomic E-state index is 12.6. The zero-order valence-corrected chi connectivity index (χ0v) is 15.5. The lowest BCUT2D eigenvalue weighted by molar-refractivity contribution is -0.126. The molecule has 0 spiro atoms. The number of aromatic amines is 1. The topological polar surface area (TPSA) is 61.0 Å². The Bertz CT molecular complexity index is 856. The van der Waals surface area contributed by atoms with Gasteiger partial charge in [0.2, 0.25) is 5.91 Å². The lowest BCUT2D eigenvalue weighted by Gasteiger charge is -2.32. The Balaban J connectivity index is 1.26. The first-order valence-electron chi connectivity index (χ1n) is 9.75. The summed E-state index contributed by atoms with van der Waals surface area (Å²) in [5.41, 5.74) is 3.33. The fourth-order valence-electron chi connectivity index (χ4n) is 3.83.